The van der Waals surface area contributed by atoms with Gasteiger partial charge in [-0.1, -0.05) is 6.07 Å². The predicted molar refractivity (Wildman–Crippen MR) is 66.5 cm³/mol. The Kier molecular flexibility index (Phi) is 3.99. The van der Waals surface area contributed by atoms with Gasteiger partial charge in [0.2, 0.25) is 5.91 Å². The number of nitrogens with zero attached hydrogens (tertiary/aromatic N) is 1. The summed E-state index contributed by atoms with van der Waals surface area (Å²) in [6, 6.07) is 4.24. The molecule has 1 aromatic rings. The zero-order chi connectivity index (χ0) is 13.8. The van der Waals surface area contributed by atoms with E-state index in [9.17, 15) is 14.0 Å². The first-order chi connectivity index (χ1) is 9.13. The van der Waals surface area contributed by atoms with Crippen LogP contribution in [-0.2, 0) is 4.79 Å². The smallest absolute Gasteiger partial charge is 0.260 e. The first-order valence-electron chi connectivity index (χ1n) is 6.02. The lowest BCUT2D eigenvalue weighted by molar-refractivity contribution is -0.120. The van der Waals surface area contributed by atoms with Crippen molar-refractivity contribution in [3.05, 3.63) is 29.6 Å². The van der Waals surface area contributed by atoms with Gasteiger partial charge in [0.25, 0.3) is 5.91 Å². The molecule has 6 heteroatoms. The molecule has 0 spiro atoms. The summed E-state index contributed by atoms with van der Waals surface area (Å²) >= 11 is 0. The van der Waals surface area contributed by atoms with Crippen molar-refractivity contribution >= 4 is 11.8 Å². The Hall–Kier alpha value is -2.11. The van der Waals surface area contributed by atoms with Crippen molar-refractivity contribution in [2.75, 3.05) is 26.7 Å². The van der Waals surface area contributed by atoms with Gasteiger partial charge in [0.05, 0.1) is 7.11 Å². The molecule has 19 heavy (non-hydrogen) atoms. The number of rotatable bonds is 2. The maximum atomic E-state index is 13.8. The first-order valence-corrected chi connectivity index (χ1v) is 6.02. The fraction of sp³-hybridized carbons (Fsp3) is 0.385. The molecule has 1 N–H and O–H groups in total. The van der Waals surface area contributed by atoms with Gasteiger partial charge in [-0.2, -0.15) is 0 Å². The molecule has 1 saturated heterocycles. The summed E-state index contributed by atoms with van der Waals surface area (Å²) in [5.41, 5.74) is -0.0839. The van der Waals surface area contributed by atoms with Crippen molar-refractivity contribution in [1.29, 1.82) is 0 Å². The van der Waals surface area contributed by atoms with E-state index in [1.165, 1.54) is 30.2 Å². The van der Waals surface area contributed by atoms with Crippen LogP contribution in [0.1, 0.15) is 16.8 Å². The average molecular weight is 266 g/mol. The van der Waals surface area contributed by atoms with Crippen LogP contribution in [-0.4, -0.2) is 43.5 Å². The molecule has 1 heterocycles. The molecule has 2 rings (SSSR count). The summed E-state index contributed by atoms with van der Waals surface area (Å²) in [5, 5.41) is 2.67. The van der Waals surface area contributed by atoms with Gasteiger partial charge in [0.1, 0.15) is 17.1 Å². The normalized spacial score (nSPS) is 15.7. The second kappa shape index (κ2) is 5.69. The minimum absolute atomic E-state index is 0.0839. The van der Waals surface area contributed by atoms with Crippen molar-refractivity contribution in [1.82, 2.24) is 10.2 Å². The van der Waals surface area contributed by atoms with Crippen molar-refractivity contribution in [2.24, 2.45) is 0 Å². The molecule has 0 bridgehead atoms. The van der Waals surface area contributed by atoms with Crippen molar-refractivity contribution in [3.63, 3.8) is 0 Å². The van der Waals surface area contributed by atoms with Crippen molar-refractivity contribution < 1.29 is 18.7 Å². The highest BCUT2D eigenvalue weighted by molar-refractivity contribution is 5.97. The Bertz CT molecular complexity index is 505. The number of benzene rings is 1. The predicted octanol–water partition coefficient (Wildman–Crippen LogP) is 0.796. The van der Waals surface area contributed by atoms with Gasteiger partial charge in [-0.15, -0.1) is 0 Å². The minimum atomic E-state index is -0.618. The Morgan fingerprint density at radius 3 is 2.95 bits per heavy atom. The number of nitrogens with one attached hydrogen (secondary N) is 1. The molecule has 0 atom stereocenters. The lowest BCUT2D eigenvalue weighted by Gasteiger charge is -2.21. The third-order valence-electron chi connectivity index (χ3n) is 3.01. The molecule has 0 aliphatic carbocycles. The molecule has 102 valence electrons. The molecule has 2 amide bonds. The minimum Gasteiger partial charge on any atom is -0.496 e. The van der Waals surface area contributed by atoms with Gasteiger partial charge in [-0.25, -0.2) is 4.39 Å². The second-order valence-corrected chi connectivity index (χ2v) is 4.21. The highest BCUT2D eigenvalue weighted by atomic mass is 19.1. The zero-order valence-electron chi connectivity index (χ0n) is 10.6. The van der Waals surface area contributed by atoms with Crippen LogP contribution < -0.4 is 10.1 Å². The number of halogens is 1. The van der Waals surface area contributed by atoms with Gasteiger partial charge in [0.15, 0.2) is 0 Å². The maximum absolute atomic E-state index is 13.8. The molecule has 0 unspecified atom stereocenters. The summed E-state index contributed by atoms with van der Waals surface area (Å²) in [7, 11) is 1.39. The van der Waals surface area contributed by atoms with E-state index in [-0.39, 0.29) is 30.2 Å². The van der Waals surface area contributed by atoms with Gasteiger partial charge >= 0.3 is 0 Å². The number of ether oxygens (including phenoxy) is 1. The lowest BCUT2D eigenvalue weighted by Crippen LogP contribution is -2.35. The molecule has 5 nitrogen and oxygen atoms in total. The molecule has 0 radical (unpaired) electrons. The second-order valence-electron chi connectivity index (χ2n) is 4.21. The fourth-order valence-corrected chi connectivity index (χ4v) is 2.01. The topological polar surface area (TPSA) is 58.6 Å². The summed E-state index contributed by atoms with van der Waals surface area (Å²) in [4.78, 5) is 25.0. The quantitative estimate of drug-likeness (QED) is 0.861. The largest absolute Gasteiger partial charge is 0.496 e. The van der Waals surface area contributed by atoms with Crippen LogP contribution in [0.4, 0.5) is 4.39 Å². The van der Waals surface area contributed by atoms with E-state index >= 15 is 0 Å². The summed E-state index contributed by atoms with van der Waals surface area (Å²) in [5.74, 6) is -0.969. The van der Waals surface area contributed by atoms with Crippen molar-refractivity contribution in [3.8, 4) is 5.75 Å². The van der Waals surface area contributed by atoms with E-state index in [1.54, 1.807) is 0 Å². The van der Waals surface area contributed by atoms with Crippen LogP contribution in [0.3, 0.4) is 0 Å². The van der Waals surface area contributed by atoms with Crippen LogP contribution in [0.5, 0.6) is 5.75 Å². The zero-order valence-corrected chi connectivity index (χ0v) is 10.6. The van der Waals surface area contributed by atoms with Crippen LogP contribution in [0.25, 0.3) is 0 Å². The highest BCUT2D eigenvalue weighted by Gasteiger charge is 2.25. The number of carbonyl (C=O) groups is 2. The molecular formula is C13H15FN2O3. The number of carbonyl (C=O) groups excluding carboxylic acids is 2. The van der Waals surface area contributed by atoms with Gasteiger partial charge < -0.3 is 15.0 Å². The Balaban J connectivity index is 2.26. The molecule has 1 aliphatic rings. The van der Waals surface area contributed by atoms with Gasteiger partial charge in [0, 0.05) is 26.1 Å². The first kappa shape index (κ1) is 13.3. The third kappa shape index (κ3) is 2.83. The summed E-state index contributed by atoms with van der Waals surface area (Å²) < 4.78 is 18.8. The fourth-order valence-electron chi connectivity index (χ4n) is 2.01. The van der Waals surface area contributed by atoms with E-state index in [0.29, 0.717) is 13.1 Å². The maximum Gasteiger partial charge on any atom is 0.260 e. The average Bonchev–Trinajstić information content (AvgIpc) is 2.62. The molecule has 1 fully saturated rings. The van der Waals surface area contributed by atoms with E-state index in [0.717, 1.165) is 0 Å². The third-order valence-corrected chi connectivity index (χ3v) is 3.01. The summed E-state index contributed by atoms with van der Waals surface area (Å²) in [6.07, 6.45) is 0.225. The molecular weight excluding hydrogens is 251 g/mol. The Morgan fingerprint density at radius 1 is 1.42 bits per heavy atom. The van der Waals surface area contributed by atoms with Crippen LogP contribution in [0.15, 0.2) is 18.2 Å². The summed E-state index contributed by atoms with van der Waals surface area (Å²) in [6.45, 7) is 1.02. The van der Waals surface area contributed by atoms with Crippen molar-refractivity contribution in [2.45, 2.75) is 6.42 Å². The van der Waals surface area contributed by atoms with Crippen LogP contribution in [0, 0.1) is 5.82 Å². The Morgan fingerprint density at radius 2 is 2.21 bits per heavy atom. The Labute approximate surface area is 110 Å². The van der Waals surface area contributed by atoms with E-state index in [1.807, 2.05) is 0 Å². The SMILES string of the molecule is COc1cccc(F)c1C(=O)N1CCNC(=O)CC1. The van der Waals surface area contributed by atoms with E-state index in [2.05, 4.69) is 5.32 Å². The monoisotopic (exact) mass is 266 g/mol. The molecule has 1 aromatic carbocycles. The number of methoxy groups -OCH3 is 1. The highest BCUT2D eigenvalue weighted by Crippen LogP contribution is 2.23. The van der Waals surface area contributed by atoms with E-state index in [4.69, 9.17) is 4.74 Å². The van der Waals surface area contributed by atoms with Gasteiger partial charge in [-0.3, -0.25) is 9.59 Å². The molecule has 1 aliphatic heterocycles. The molecule has 0 saturated carbocycles. The number of hydrogen-bond donors (Lipinski definition) is 1. The van der Waals surface area contributed by atoms with E-state index < -0.39 is 11.7 Å². The lowest BCUT2D eigenvalue weighted by atomic mass is 10.1. The standard InChI is InChI=1S/C13H15FN2O3/c1-19-10-4-2-3-9(14)12(10)13(18)16-7-5-11(17)15-6-8-16/h2-4H,5-8H2,1H3,(H,15,17). The van der Waals surface area contributed by atoms with Gasteiger partial charge in [-0.05, 0) is 12.1 Å². The van der Waals surface area contributed by atoms with Crippen LogP contribution in [0.2, 0.25) is 0 Å². The number of hydrogen-bond acceptors (Lipinski definition) is 3. The number of amides is 2. The van der Waals surface area contributed by atoms with Crippen LogP contribution >= 0.6 is 0 Å². The molecule has 0 aromatic heterocycles.